The molecule has 1 aliphatic rings. The minimum absolute atomic E-state index is 0.692. The van der Waals surface area contributed by atoms with Crippen molar-refractivity contribution in [2.75, 3.05) is 29.4 Å². The van der Waals surface area contributed by atoms with Crippen molar-refractivity contribution < 1.29 is 4.58 Å². The second-order valence-electron chi connectivity index (χ2n) is 14.5. The smallest absolute Gasteiger partial charge is 0.211 e. The van der Waals surface area contributed by atoms with Gasteiger partial charge in [-0.05, 0) is 113 Å². The summed E-state index contributed by atoms with van der Waals surface area (Å²) in [6, 6.07) is 45.6. The van der Waals surface area contributed by atoms with Gasteiger partial charge in [-0.15, -0.1) is 11.3 Å². The first-order chi connectivity index (χ1) is 27.8. The van der Waals surface area contributed by atoms with E-state index >= 15 is 0 Å². The fraction of sp³-hybridized carbons (Fsp3) is 0.192. The number of para-hydroxylation sites is 3. The number of benzene rings is 5. The third-order valence-electron chi connectivity index (χ3n) is 10.9. The molecular weight excluding hydrogens is 713 g/mol. The maximum Gasteiger partial charge on any atom is 0.211 e. The van der Waals surface area contributed by atoms with Crippen LogP contribution in [0, 0.1) is 39.0 Å². The second-order valence-corrected chi connectivity index (χ2v) is 15.5. The van der Waals surface area contributed by atoms with Gasteiger partial charge in [-0.2, -0.15) is 9.84 Å². The van der Waals surface area contributed by atoms with Crippen molar-refractivity contribution in [3.05, 3.63) is 189 Å². The van der Waals surface area contributed by atoms with E-state index in [1.54, 1.807) is 11.3 Å². The van der Waals surface area contributed by atoms with Crippen LogP contribution in [0.15, 0.2) is 151 Å². The van der Waals surface area contributed by atoms with Crippen molar-refractivity contribution in [1.29, 1.82) is 5.26 Å². The molecule has 0 spiro atoms. The fourth-order valence-corrected chi connectivity index (χ4v) is 9.72. The van der Waals surface area contributed by atoms with Gasteiger partial charge in [-0.3, -0.25) is 0 Å². The number of nitriles is 1. The third-order valence-corrected chi connectivity index (χ3v) is 12.1. The molecule has 0 unspecified atom stereocenters. The Hall–Kier alpha value is -6.22. The lowest BCUT2D eigenvalue weighted by molar-refractivity contribution is -0.435. The van der Waals surface area contributed by atoms with Gasteiger partial charge < -0.3 is 9.80 Å². The van der Waals surface area contributed by atoms with E-state index in [2.05, 4.69) is 202 Å². The summed E-state index contributed by atoms with van der Waals surface area (Å²) in [5.74, 6) is 0. The standard InChI is InChI=1S/C52H51N4S/c1-8-54(49-36(4)19-17-20-37(49)5)44-31-27-41(28-32-44)47(42-29-33-45(34-30-42)55(9-2)50-38(6)21-18-22-39(50)7)51-48(40-23-13-11-14-24-40)46(35-53)52(57-51)56(10-3)43-25-15-12-16-26-43/h11-34H,8-10H2,1-7H3/q+1. The first kappa shape index (κ1) is 39.0. The van der Waals surface area contributed by atoms with Gasteiger partial charge >= 0.3 is 0 Å². The van der Waals surface area contributed by atoms with E-state index < -0.39 is 0 Å². The first-order valence-corrected chi connectivity index (χ1v) is 20.8. The molecule has 284 valence electrons. The second kappa shape index (κ2) is 17.3. The van der Waals surface area contributed by atoms with E-state index in [1.165, 1.54) is 33.6 Å². The molecule has 0 radical (unpaired) electrons. The lowest BCUT2D eigenvalue weighted by atomic mass is 9.90. The molecule has 0 N–H and O–H groups in total. The minimum Gasteiger partial charge on any atom is -0.341 e. The maximum absolute atomic E-state index is 11.1. The van der Waals surface area contributed by atoms with E-state index in [0.29, 0.717) is 5.56 Å². The van der Waals surface area contributed by atoms with Crippen molar-refractivity contribution in [3.63, 3.8) is 0 Å². The van der Waals surface area contributed by atoms with Crippen LogP contribution in [0.3, 0.4) is 0 Å². The molecule has 0 atom stereocenters. The third kappa shape index (κ3) is 7.66. The number of hydrogen-bond donors (Lipinski definition) is 0. The van der Waals surface area contributed by atoms with Crippen LogP contribution in [0.5, 0.6) is 0 Å². The summed E-state index contributed by atoms with van der Waals surface area (Å²) in [7, 11) is 0. The van der Waals surface area contributed by atoms with Crippen LogP contribution in [0.2, 0.25) is 0 Å². The highest BCUT2D eigenvalue weighted by molar-refractivity contribution is 7.18. The van der Waals surface area contributed by atoms with Gasteiger partial charge in [0.05, 0.1) is 5.56 Å². The Kier molecular flexibility index (Phi) is 11.8. The summed E-state index contributed by atoms with van der Waals surface area (Å²) in [4.78, 5) is 5.75. The van der Waals surface area contributed by atoms with Crippen molar-refractivity contribution in [1.82, 2.24) is 0 Å². The van der Waals surface area contributed by atoms with Gasteiger partial charge in [0.2, 0.25) is 11.4 Å². The highest BCUT2D eigenvalue weighted by atomic mass is 32.1. The highest BCUT2D eigenvalue weighted by Gasteiger charge is 2.28. The molecule has 7 rings (SSSR count). The van der Waals surface area contributed by atoms with E-state index in [0.717, 1.165) is 74.4 Å². The molecule has 0 saturated carbocycles. The highest BCUT2D eigenvalue weighted by Crippen LogP contribution is 2.49. The average molecular weight is 764 g/mol. The zero-order valence-electron chi connectivity index (χ0n) is 34.2. The monoisotopic (exact) mass is 763 g/mol. The lowest BCUT2D eigenvalue weighted by Crippen LogP contribution is -2.18. The Morgan fingerprint density at radius 2 is 1.16 bits per heavy atom. The summed E-state index contributed by atoms with van der Waals surface area (Å²) in [5, 5.41) is 12.0. The predicted molar refractivity (Wildman–Crippen MR) is 244 cm³/mol. The van der Waals surface area contributed by atoms with Crippen LogP contribution in [-0.2, 0) is 0 Å². The SMILES string of the molecule is CCN(c1ccccc1)c1sc(C(=C2C=CC(=[N+](CC)c3c(C)cccc3C)C=C2)c2ccc(N(CC)c3c(C)cccc3C)cc2)c(-c2ccccc2)c1C#N. The molecule has 0 aliphatic heterocycles. The molecule has 5 heteroatoms. The number of rotatable bonds is 11. The van der Waals surface area contributed by atoms with Gasteiger partial charge in [0, 0.05) is 69.4 Å². The van der Waals surface area contributed by atoms with Gasteiger partial charge in [-0.25, -0.2) is 0 Å². The van der Waals surface area contributed by atoms with Crippen molar-refractivity contribution >= 4 is 50.4 Å². The topological polar surface area (TPSA) is 33.3 Å². The van der Waals surface area contributed by atoms with Crippen molar-refractivity contribution in [2.45, 2.75) is 48.5 Å². The van der Waals surface area contributed by atoms with Crippen LogP contribution >= 0.6 is 11.3 Å². The number of anilines is 4. The molecule has 57 heavy (non-hydrogen) atoms. The molecule has 1 heterocycles. The quantitative estimate of drug-likeness (QED) is 0.123. The van der Waals surface area contributed by atoms with E-state index in [9.17, 15) is 5.26 Å². The Bertz CT molecular complexity index is 2500. The molecule has 0 saturated heterocycles. The number of thiophene rings is 1. The van der Waals surface area contributed by atoms with Crippen LogP contribution in [0.25, 0.3) is 16.7 Å². The van der Waals surface area contributed by atoms with Crippen molar-refractivity contribution in [3.8, 4) is 17.2 Å². The molecule has 0 amide bonds. The first-order valence-electron chi connectivity index (χ1n) is 20.0. The number of nitrogens with zero attached hydrogens (tertiary/aromatic N) is 4. The maximum atomic E-state index is 11.1. The van der Waals surface area contributed by atoms with Gasteiger partial charge in [0.1, 0.15) is 17.6 Å². The molecule has 5 aromatic carbocycles. The predicted octanol–water partition coefficient (Wildman–Crippen LogP) is 13.6. The lowest BCUT2D eigenvalue weighted by Gasteiger charge is -2.27. The number of allylic oxidation sites excluding steroid dienone is 5. The van der Waals surface area contributed by atoms with E-state index in [-0.39, 0.29) is 0 Å². The minimum atomic E-state index is 0.692. The fourth-order valence-electron chi connectivity index (χ4n) is 8.27. The molecule has 4 nitrogen and oxygen atoms in total. The Labute approximate surface area is 343 Å². The summed E-state index contributed by atoms with van der Waals surface area (Å²) in [6.07, 6.45) is 9.03. The zero-order chi connectivity index (χ0) is 40.1. The van der Waals surface area contributed by atoms with Gasteiger partial charge in [-0.1, -0.05) is 97.1 Å². The Balaban J connectivity index is 1.48. The van der Waals surface area contributed by atoms with E-state index in [1.807, 2.05) is 12.1 Å². The summed E-state index contributed by atoms with van der Waals surface area (Å²) >= 11 is 1.71. The Morgan fingerprint density at radius 3 is 1.70 bits per heavy atom. The molecule has 0 fully saturated rings. The van der Waals surface area contributed by atoms with E-state index in [4.69, 9.17) is 0 Å². The van der Waals surface area contributed by atoms with Crippen LogP contribution < -0.4 is 9.80 Å². The zero-order valence-corrected chi connectivity index (χ0v) is 35.0. The normalized spacial score (nSPS) is 12.1. The molecular formula is C52H51N4S+. The van der Waals surface area contributed by atoms with Crippen LogP contribution in [0.1, 0.15) is 59.0 Å². The van der Waals surface area contributed by atoms with Gasteiger partial charge in [0.15, 0.2) is 0 Å². The molecule has 6 aromatic rings. The molecule has 1 aromatic heterocycles. The summed E-state index contributed by atoms with van der Waals surface area (Å²) < 4.78 is 2.40. The molecule has 0 bridgehead atoms. The average Bonchev–Trinajstić information content (AvgIpc) is 3.61. The van der Waals surface area contributed by atoms with Crippen LogP contribution in [0.4, 0.5) is 27.8 Å². The summed E-state index contributed by atoms with van der Waals surface area (Å²) in [5.41, 5.74) is 16.9. The van der Waals surface area contributed by atoms with Crippen molar-refractivity contribution in [2.24, 2.45) is 0 Å². The molecule has 1 aliphatic carbocycles. The number of hydrogen-bond acceptors (Lipinski definition) is 4. The van der Waals surface area contributed by atoms with Crippen LogP contribution in [-0.4, -0.2) is 29.9 Å². The number of aryl methyl sites for hydroxylation is 4. The summed E-state index contributed by atoms with van der Waals surface area (Å²) in [6.45, 7) is 17.8. The van der Waals surface area contributed by atoms with Gasteiger partial charge in [0.25, 0.3) is 0 Å². The Morgan fingerprint density at radius 1 is 0.614 bits per heavy atom. The largest absolute Gasteiger partial charge is 0.341 e.